The number of hydrogen-bond acceptors (Lipinski definition) is 2. The van der Waals surface area contributed by atoms with E-state index >= 15 is 0 Å². The highest BCUT2D eigenvalue weighted by molar-refractivity contribution is 9.10. The van der Waals surface area contributed by atoms with Gasteiger partial charge < -0.3 is 9.72 Å². The predicted molar refractivity (Wildman–Crippen MR) is 50.5 cm³/mol. The molecule has 0 atom stereocenters. The molecule has 0 fully saturated rings. The second-order valence-corrected chi connectivity index (χ2v) is 3.53. The van der Waals surface area contributed by atoms with Crippen molar-refractivity contribution in [2.45, 2.75) is 20.0 Å². The van der Waals surface area contributed by atoms with Crippen LogP contribution in [-0.2, 0) is 0 Å². The maximum absolute atomic E-state index is 10.9. The molecule has 4 heteroatoms. The molecule has 1 aromatic rings. The molecule has 1 N–H and O–H groups in total. The lowest BCUT2D eigenvalue weighted by atomic mass is 10.4. The van der Waals surface area contributed by atoms with Crippen LogP contribution in [0, 0.1) is 0 Å². The molecular formula is C8H10BrNO2. The van der Waals surface area contributed by atoms with Crippen LogP contribution < -0.4 is 10.3 Å². The second kappa shape index (κ2) is 3.76. The number of hydrogen-bond donors (Lipinski definition) is 1. The summed E-state index contributed by atoms with van der Waals surface area (Å²) in [6, 6.07) is 1.42. The first-order valence-electron chi connectivity index (χ1n) is 3.64. The van der Waals surface area contributed by atoms with Gasteiger partial charge in [0.25, 0.3) is 5.56 Å². The second-order valence-electron chi connectivity index (χ2n) is 2.68. The zero-order valence-corrected chi connectivity index (χ0v) is 8.51. The molecule has 12 heavy (non-hydrogen) atoms. The lowest BCUT2D eigenvalue weighted by Gasteiger charge is -2.09. The Morgan fingerprint density at radius 2 is 2.25 bits per heavy atom. The maximum atomic E-state index is 10.9. The maximum Gasteiger partial charge on any atom is 0.251 e. The van der Waals surface area contributed by atoms with E-state index in [1.165, 1.54) is 6.07 Å². The summed E-state index contributed by atoms with van der Waals surface area (Å²) in [5.74, 6) is 0.578. The number of aromatic nitrogens is 1. The molecule has 0 spiro atoms. The molecule has 0 bridgehead atoms. The van der Waals surface area contributed by atoms with Gasteiger partial charge in [-0.15, -0.1) is 0 Å². The van der Waals surface area contributed by atoms with Gasteiger partial charge in [-0.25, -0.2) is 0 Å². The van der Waals surface area contributed by atoms with E-state index in [0.717, 1.165) is 4.47 Å². The largest absolute Gasteiger partial charge is 0.490 e. The third kappa shape index (κ3) is 2.37. The van der Waals surface area contributed by atoms with Crippen LogP contribution in [0.2, 0.25) is 0 Å². The number of ether oxygens (including phenoxy) is 1. The van der Waals surface area contributed by atoms with Crippen molar-refractivity contribution in [1.29, 1.82) is 0 Å². The van der Waals surface area contributed by atoms with Gasteiger partial charge in [-0.2, -0.15) is 0 Å². The van der Waals surface area contributed by atoms with E-state index < -0.39 is 0 Å². The van der Waals surface area contributed by atoms with Crippen molar-refractivity contribution in [2.75, 3.05) is 0 Å². The Labute approximate surface area is 78.9 Å². The minimum absolute atomic E-state index is 0.0723. The summed E-state index contributed by atoms with van der Waals surface area (Å²) in [5.41, 5.74) is -0.158. The molecule has 0 saturated heterocycles. The van der Waals surface area contributed by atoms with Crippen molar-refractivity contribution < 1.29 is 4.74 Å². The topological polar surface area (TPSA) is 42.1 Å². The van der Waals surface area contributed by atoms with E-state index in [9.17, 15) is 4.79 Å². The number of halogens is 1. The highest BCUT2D eigenvalue weighted by Crippen LogP contribution is 2.21. The minimum Gasteiger partial charge on any atom is -0.490 e. The number of H-pyrrole nitrogens is 1. The van der Waals surface area contributed by atoms with Crippen molar-refractivity contribution in [3.63, 3.8) is 0 Å². The van der Waals surface area contributed by atoms with Crippen molar-refractivity contribution in [3.05, 3.63) is 27.1 Å². The first kappa shape index (κ1) is 9.32. The van der Waals surface area contributed by atoms with Gasteiger partial charge in [-0.1, -0.05) is 0 Å². The summed E-state index contributed by atoms with van der Waals surface area (Å²) >= 11 is 3.26. The van der Waals surface area contributed by atoms with Crippen LogP contribution in [0.5, 0.6) is 5.75 Å². The lowest BCUT2D eigenvalue weighted by Crippen LogP contribution is -2.10. The number of rotatable bonds is 2. The van der Waals surface area contributed by atoms with Crippen molar-refractivity contribution in [3.8, 4) is 5.75 Å². The fourth-order valence-electron chi connectivity index (χ4n) is 0.780. The van der Waals surface area contributed by atoms with Crippen LogP contribution in [0.15, 0.2) is 21.5 Å². The van der Waals surface area contributed by atoms with Gasteiger partial charge in [0.05, 0.1) is 10.6 Å². The molecule has 0 aliphatic rings. The van der Waals surface area contributed by atoms with Crippen molar-refractivity contribution in [1.82, 2.24) is 4.98 Å². The van der Waals surface area contributed by atoms with Gasteiger partial charge in [0, 0.05) is 12.3 Å². The molecule has 3 nitrogen and oxygen atoms in total. The summed E-state index contributed by atoms with van der Waals surface area (Å²) in [6.07, 6.45) is 1.64. The fourth-order valence-corrected chi connectivity index (χ4v) is 1.10. The van der Waals surface area contributed by atoms with Crippen molar-refractivity contribution in [2.24, 2.45) is 0 Å². The average Bonchev–Trinajstić information content (AvgIpc) is 1.96. The molecule has 0 saturated carbocycles. The van der Waals surface area contributed by atoms with Crippen LogP contribution in [0.4, 0.5) is 0 Å². The highest BCUT2D eigenvalue weighted by atomic mass is 79.9. The van der Waals surface area contributed by atoms with Crippen LogP contribution in [0.3, 0.4) is 0 Å². The van der Waals surface area contributed by atoms with E-state index in [2.05, 4.69) is 20.9 Å². The number of nitrogens with one attached hydrogen (secondary N) is 1. The van der Waals surface area contributed by atoms with Crippen LogP contribution >= 0.6 is 15.9 Å². The molecule has 0 aliphatic heterocycles. The number of aromatic amines is 1. The summed E-state index contributed by atoms with van der Waals surface area (Å²) in [7, 11) is 0. The normalized spacial score (nSPS) is 10.3. The van der Waals surface area contributed by atoms with E-state index in [-0.39, 0.29) is 11.7 Å². The van der Waals surface area contributed by atoms with Crippen LogP contribution in [0.25, 0.3) is 0 Å². The summed E-state index contributed by atoms with van der Waals surface area (Å²) in [4.78, 5) is 13.4. The SMILES string of the molecule is CC(C)Oc1cc(=O)[nH]cc1Br. The molecular weight excluding hydrogens is 222 g/mol. The molecule has 0 amide bonds. The van der Waals surface area contributed by atoms with Gasteiger partial charge in [0.15, 0.2) is 0 Å². The smallest absolute Gasteiger partial charge is 0.251 e. The minimum atomic E-state index is -0.158. The quantitative estimate of drug-likeness (QED) is 0.846. The first-order chi connectivity index (χ1) is 5.59. The zero-order chi connectivity index (χ0) is 9.14. The van der Waals surface area contributed by atoms with Crippen LogP contribution in [0.1, 0.15) is 13.8 Å². The Bertz CT molecular complexity index is 319. The molecule has 1 rings (SSSR count). The third-order valence-corrected chi connectivity index (χ3v) is 1.82. The van der Waals surface area contributed by atoms with Crippen LogP contribution in [-0.4, -0.2) is 11.1 Å². The number of pyridine rings is 1. The first-order valence-corrected chi connectivity index (χ1v) is 4.44. The third-order valence-electron chi connectivity index (χ3n) is 1.20. The fraction of sp³-hybridized carbons (Fsp3) is 0.375. The lowest BCUT2D eigenvalue weighted by molar-refractivity contribution is 0.240. The highest BCUT2D eigenvalue weighted by Gasteiger charge is 2.02. The Morgan fingerprint density at radius 1 is 1.58 bits per heavy atom. The summed E-state index contributed by atoms with van der Waals surface area (Å²) in [6.45, 7) is 3.82. The monoisotopic (exact) mass is 231 g/mol. The Kier molecular flexibility index (Phi) is 2.92. The van der Waals surface area contributed by atoms with Gasteiger partial charge in [0.2, 0.25) is 0 Å². The summed E-state index contributed by atoms with van der Waals surface area (Å²) in [5, 5.41) is 0. The van der Waals surface area contributed by atoms with E-state index in [1.54, 1.807) is 6.20 Å². The molecule has 1 aromatic heterocycles. The average molecular weight is 232 g/mol. The molecule has 66 valence electrons. The Balaban J connectivity index is 2.97. The van der Waals surface area contributed by atoms with Gasteiger partial charge >= 0.3 is 0 Å². The zero-order valence-electron chi connectivity index (χ0n) is 6.93. The van der Waals surface area contributed by atoms with E-state index in [1.807, 2.05) is 13.8 Å². The summed E-state index contributed by atoms with van der Waals surface area (Å²) < 4.78 is 6.12. The van der Waals surface area contributed by atoms with Gasteiger partial charge in [-0.3, -0.25) is 4.79 Å². The molecule has 0 aromatic carbocycles. The molecule has 0 aliphatic carbocycles. The molecule has 1 heterocycles. The molecule has 0 radical (unpaired) electrons. The molecule has 0 unspecified atom stereocenters. The Hall–Kier alpha value is -0.770. The van der Waals surface area contributed by atoms with E-state index in [0.29, 0.717) is 5.75 Å². The predicted octanol–water partition coefficient (Wildman–Crippen LogP) is 1.92. The Morgan fingerprint density at radius 3 is 2.83 bits per heavy atom. The van der Waals surface area contributed by atoms with Gasteiger partial charge in [-0.05, 0) is 29.8 Å². The van der Waals surface area contributed by atoms with Gasteiger partial charge in [0.1, 0.15) is 5.75 Å². The van der Waals surface area contributed by atoms with Crippen molar-refractivity contribution >= 4 is 15.9 Å². The standard InChI is InChI=1S/C8H10BrNO2/c1-5(2)12-7-3-8(11)10-4-6(7)9/h3-5H,1-2H3,(H,10,11). The van der Waals surface area contributed by atoms with E-state index in [4.69, 9.17) is 4.74 Å².